The van der Waals surface area contributed by atoms with E-state index in [-0.39, 0.29) is 17.0 Å². The summed E-state index contributed by atoms with van der Waals surface area (Å²) < 4.78 is 1.17. The number of aromatic nitrogens is 2. The Morgan fingerprint density at radius 1 is 1.28 bits per heavy atom. The van der Waals surface area contributed by atoms with E-state index in [1.807, 2.05) is 6.07 Å². The van der Waals surface area contributed by atoms with Gasteiger partial charge in [0.2, 0.25) is 5.91 Å². The van der Waals surface area contributed by atoms with Crippen LogP contribution in [0, 0.1) is 11.3 Å². The number of carbonyl (C=O) groups is 1. The molecule has 0 aliphatic heterocycles. The van der Waals surface area contributed by atoms with Crippen LogP contribution in [-0.2, 0) is 11.3 Å². The first-order chi connectivity index (χ1) is 12.0. The van der Waals surface area contributed by atoms with Gasteiger partial charge in [0.05, 0.1) is 33.9 Å². The van der Waals surface area contributed by atoms with Gasteiger partial charge in [-0.25, -0.2) is 4.98 Å². The Labute approximate surface area is 152 Å². The Bertz CT molecular complexity index is 1090. The predicted molar refractivity (Wildman–Crippen MR) is 95.8 cm³/mol. The summed E-state index contributed by atoms with van der Waals surface area (Å²) in [6.07, 6.45) is 1.26. The number of nitrogens with one attached hydrogen (secondary N) is 1. The first-order valence-electron chi connectivity index (χ1n) is 7.12. The highest BCUT2D eigenvalue weighted by Gasteiger charge is 2.11. The van der Waals surface area contributed by atoms with E-state index in [4.69, 9.17) is 28.5 Å². The van der Waals surface area contributed by atoms with Crippen molar-refractivity contribution in [2.24, 2.45) is 0 Å². The highest BCUT2D eigenvalue weighted by Crippen LogP contribution is 2.23. The zero-order valence-corrected chi connectivity index (χ0v) is 14.2. The summed E-state index contributed by atoms with van der Waals surface area (Å²) in [7, 11) is 0. The number of nitrogens with zero attached hydrogens (tertiary/aromatic N) is 3. The van der Waals surface area contributed by atoms with Gasteiger partial charge >= 0.3 is 0 Å². The van der Waals surface area contributed by atoms with Crippen molar-refractivity contribution in [3.8, 4) is 6.07 Å². The molecule has 0 bridgehead atoms. The van der Waals surface area contributed by atoms with Crippen molar-refractivity contribution < 1.29 is 4.79 Å². The third-order valence-electron chi connectivity index (χ3n) is 3.44. The number of hydrogen-bond acceptors (Lipinski definition) is 4. The second kappa shape index (κ2) is 6.93. The van der Waals surface area contributed by atoms with E-state index >= 15 is 0 Å². The first kappa shape index (κ1) is 17.0. The van der Waals surface area contributed by atoms with Crippen molar-refractivity contribution in [3.05, 3.63) is 68.7 Å². The van der Waals surface area contributed by atoms with Gasteiger partial charge in [0.1, 0.15) is 6.54 Å². The van der Waals surface area contributed by atoms with E-state index in [0.717, 1.165) is 0 Å². The van der Waals surface area contributed by atoms with Gasteiger partial charge in [-0.2, -0.15) is 5.26 Å². The molecule has 1 amide bonds. The predicted octanol–water partition coefficient (Wildman–Crippen LogP) is 3.21. The molecule has 0 saturated heterocycles. The lowest BCUT2D eigenvalue weighted by atomic mass is 10.2. The van der Waals surface area contributed by atoms with Gasteiger partial charge in [0.25, 0.3) is 5.56 Å². The molecule has 0 saturated carbocycles. The van der Waals surface area contributed by atoms with Crippen molar-refractivity contribution >= 4 is 45.7 Å². The van der Waals surface area contributed by atoms with Crippen LogP contribution in [0.15, 0.2) is 47.5 Å². The monoisotopic (exact) mass is 372 g/mol. The molecule has 0 aliphatic rings. The molecule has 3 rings (SSSR count). The summed E-state index contributed by atoms with van der Waals surface area (Å²) in [6, 6.07) is 11.4. The molecule has 6 nitrogen and oxygen atoms in total. The number of fused-ring (bicyclic) bond motifs is 1. The Hall–Kier alpha value is -2.88. The van der Waals surface area contributed by atoms with Crippen molar-refractivity contribution in [3.63, 3.8) is 0 Å². The molecule has 2 aromatic carbocycles. The SMILES string of the molecule is N#Cc1cccc(NC(=O)Cn2cnc3c(Cl)cc(Cl)cc3c2=O)c1. The van der Waals surface area contributed by atoms with Crippen molar-refractivity contribution in [2.45, 2.75) is 6.54 Å². The van der Waals surface area contributed by atoms with E-state index in [1.165, 1.54) is 23.0 Å². The van der Waals surface area contributed by atoms with Crippen LogP contribution in [0.4, 0.5) is 5.69 Å². The number of anilines is 1. The zero-order valence-electron chi connectivity index (χ0n) is 12.7. The van der Waals surface area contributed by atoms with E-state index < -0.39 is 11.5 Å². The number of halogens is 2. The van der Waals surface area contributed by atoms with Crippen LogP contribution in [0.2, 0.25) is 10.0 Å². The van der Waals surface area contributed by atoms with Gasteiger partial charge in [-0.05, 0) is 30.3 Å². The molecule has 0 radical (unpaired) electrons. The van der Waals surface area contributed by atoms with Gasteiger partial charge in [0.15, 0.2) is 0 Å². The molecule has 0 spiro atoms. The van der Waals surface area contributed by atoms with Crippen LogP contribution in [0.1, 0.15) is 5.56 Å². The van der Waals surface area contributed by atoms with E-state index in [0.29, 0.717) is 21.8 Å². The fourth-order valence-electron chi connectivity index (χ4n) is 2.33. The average molecular weight is 373 g/mol. The minimum atomic E-state index is -0.425. The minimum Gasteiger partial charge on any atom is -0.324 e. The zero-order chi connectivity index (χ0) is 18.0. The smallest absolute Gasteiger partial charge is 0.261 e. The van der Waals surface area contributed by atoms with E-state index in [1.54, 1.807) is 24.3 Å². The fraction of sp³-hybridized carbons (Fsp3) is 0.0588. The number of carbonyl (C=O) groups excluding carboxylic acids is 1. The van der Waals surface area contributed by atoms with E-state index in [2.05, 4.69) is 10.3 Å². The number of amides is 1. The lowest BCUT2D eigenvalue weighted by molar-refractivity contribution is -0.116. The lowest BCUT2D eigenvalue weighted by Gasteiger charge is -2.09. The molecule has 1 heterocycles. The van der Waals surface area contributed by atoms with Crippen LogP contribution in [0.5, 0.6) is 0 Å². The minimum absolute atomic E-state index is 0.233. The summed E-state index contributed by atoms with van der Waals surface area (Å²) in [4.78, 5) is 28.8. The van der Waals surface area contributed by atoms with Crippen LogP contribution < -0.4 is 10.9 Å². The maximum Gasteiger partial charge on any atom is 0.261 e. The van der Waals surface area contributed by atoms with Gasteiger partial charge in [-0.15, -0.1) is 0 Å². The van der Waals surface area contributed by atoms with Crippen molar-refractivity contribution in [1.82, 2.24) is 9.55 Å². The molecule has 124 valence electrons. The Morgan fingerprint density at radius 3 is 2.84 bits per heavy atom. The highest BCUT2D eigenvalue weighted by molar-refractivity contribution is 6.38. The second-order valence-electron chi connectivity index (χ2n) is 5.20. The quantitative estimate of drug-likeness (QED) is 0.764. The fourth-order valence-corrected chi connectivity index (χ4v) is 2.87. The van der Waals surface area contributed by atoms with Gasteiger partial charge in [-0.1, -0.05) is 29.3 Å². The highest BCUT2D eigenvalue weighted by atomic mass is 35.5. The van der Waals surface area contributed by atoms with Gasteiger partial charge < -0.3 is 5.32 Å². The summed E-state index contributed by atoms with van der Waals surface area (Å²) in [6.45, 7) is -0.233. The second-order valence-corrected chi connectivity index (χ2v) is 6.05. The molecular weight excluding hydrogens is 363 g/mol. The molecule has 3 aromatic rings. The molecule has 0 unspecified atom stereocenters. The number of nitriles is 1. The molecule has 1 N–H and O–H groups in total. The van der Waals surface area contributed by atoms with Crippen LogP contribution in [0.25, 0.3) is 10.9 Å². The van der Waals surface area contributed by atoms with Crippen molar-refractivity contribution in [2.75, 3.05) is 5.32 Å². The number of hydrogen-bond donors (Lipinski definition) is 1. The molecule has 8 heteroatoms. The van der Waals surface area contributed by atoms with Crippen molar-refractivity contribution in [1.29, 1.82) is 5.26 Å². The Morgan fingerprint density at radius 2 is 2.08 bits per heavy atom. The lowest BCUT2D eigenvalue weighted by Crippen LogP contribution is -2.28. The third-order valence-corrected chi connectivity index (χ3v) is 3.94. The van der Waals surface area contributed by atoms with Gasteiger partial charge in [0, 0.05) is 10.7 Å². The molecule has 25 heavy (non-hydrogen) atoms. The molecule has 0 fully saturated rings. The summed E-state index contributed by atoms with van der Waals surface area (Å²) >= 11 is 12.0. The van der Waals surface area contributed by atoms with Crippen LogP contribution in [0.3, 0.4) is 0 Å². The topological polar surface area (TPSA) is 87.8 Å². The molecule has 0 atom stereocenters. The maximum atomic E-state index is 12.5. The molecule has 0 aliphatic carbocycles. The molecular formula is C17H10Cl2N4O2. The summed E-state index contributed by atoms with van der Waals surface area (Å²) in [5.74, 6) is -0.425. The number of rotatable bonds is 3. The molecule has 1 aromatic heterocycles. The van der Waals surface area contributed by atoms with Crippen LogP contribution >= 0.6 is 23.2 Å². The normalized spacial score (nSPS) is 10.4. The first-order valence-corrected chi connectivity index (χ1v) is 7.88. The standard InChI is InChI=1S/C17H10Cl2N4O2/c18-11-5-13-16(14(19)6-11)21-9-23(17(13)25)8-15(24)22-12-3-1-2-10(4-12)7-20/h1-6,9H,8H2,(H,22,24). The number of benzene rings is 2. The van der Waals surface area contributed by atoms with Crippen LogP contribution in [-0.4, -0.2) is 15.5 Å². The van der Waals surface area contributed by atoms with Gasteiger partial charge in [-0.3, -0.25) is 14.2 Å². The Kier molecular flexibility index (Phi) is 4.70. The average Bonchev–Trinajstić information content (AvgIpc) is 2.58. The summed E-state index contributed by atoms with van der Waals surface area (Å²) in [5.41, 5.74) is 0.799. The van der Waals surface area contributed by atoms with E-state index in [9.17, 15) is 9.59 Å². The summed E-state index contributed by atoms with van der Waals surface area (Å²) in [5, 5.41) is 12.3. The third kappa shape index (κ3) is 3.63. The maximum absolute atomic E-state index is 12.5. The Balaban J connectivity index is 1.87. The largest absolute Gasteiger partial charge is 0.324 e.